The molecule has 3 aromatic rings. The molecule has 0 saturated carbocycles. The summed E-state index contributed by atoms with van der Waals surface area (Å²) in [6.45, 7) is 4.25. The Morgan fingerprint density at radius 1 is 0.938 bits per heavy atom. The first-order valence-electron chi connectivity index (χ1n) is 11.6. The fourth-order valence-electron chi connectivity index (χ4n) is 5.45. The van der Waals surface area contributed by atoms with Gasteiger partial charge in [-0.15, -0.1) is 0 Å². The number of hydrogen-bond acceptors (Lipinski definition) is 4. The van der Waals surface area contributed by atoms with Gasteiger partial charge in [-0.2, -0.15) is 0 Å². The van der Waals surface area contributed by atoms with Crippen molar-refractivity contribution in [2.45, 2.75) is 37.4 Å². The Balaban J connectivity index is 1.35. The maximum absolute atomic E-state index is 13.3. The molecule has 0 spiro atoms. The molecule has 1 N–H and O–H groups in total. The summed E-state index contributed by atoms with van der Waals surface area (Å²) in [5.41, 5.74) is 4.62. The highest BCUT2D eigenvalue weighted by Gasteiger charge is 2.48. The number of benzene rings is 2. The van der Waals surface area contributed by atoms with Crippen LogP contribution in [0.3, 0.4) is 0 Å². The lowest BCUT2D eigenvalue weighted by Crippen LogP contribution is -2.67. The second-order valence-electron chi connectivity index (χ2n) is 9.01. The standard InChI is InChI=1S/C27H30FN3O/c28-24-11-9-22(10-12-24)21-5-7-23(8-6-21)27-25-18-30(17-20-4-3-13-29-16-20)14-1-2-15-31(25)26(27)19-32/h3-13,16,25-27,32H,1-2,14-15,17-19H2/t25-,26+,27+/m1/s1. The van der Waals surface area contributed by atoms with E-state index in [0.29, 0.717) is 12.0 Å². The highest BCUT2D eigenvalue weighted by molar-refractivity contribution is 5.63. The fraction of sp³-hybridized carbons (Fsp3) is 0.370. The zero-order valence-electron chi connectivity index (χ0n) is 18.3. The van der Waals surface area contributed by atoms with E-state index in [4.69, 9.17) is 0 Å². The van der Waals surface area contributed by atoms with Crippen molar-refractivity contribution in [3.05, 3.63) is 90.0 Å². The molecule has 0 aliphatic carbocycles. The Kier molecular flexibility index (Phi) is 6.30. The molecule has 4 nitrogen and oxygen atoms in total. The van der Waals surface area contributed by atoms with Crippen molar-refractivity contribution < 1.29 is 9.50 Å². The number of fused-ring (bicyclic) bond motifs is 1. The maximum Gasteiger partial charge on any atom is 0.123 e. The Labute approximate surface area is 189 Å². The lowest BCUT2D eigenvalue weighted by atomic mass is 9.74. The van der Waals surface area contributed by atoms with Gasteiger partial charge in [0.25, 0.3) is 0 Å². The molecule has 2 aliphatic rings. The molecule has 3 atom stereocenters. The summed E-state index contributed by atoms with van der Waals surface area (Å²) in [5.74, 6) is 0.0996. The lowest BCUT2D eigenvalue weighted by molar-refractivity contribution is -0.0655. The first kappa shape index (κ1) is 21.3. The van der Waals surface area contributed by atoms with Gasteiger partial charge in [0, 0.05) is 43.5 Å². The molecule has 5 rings (SSSR count). The summed E-state index contributed by atoms with van der Waals surface area (Å²) in [5, 5.41) is 10.2. The number of nitrogens with zero attached hydrogens (tertiary/aromatic N) is 3. The van der Waals surface area contributed by atoms with E-state index < -0.39 is 0 Å². The fourth-order valence-corrected chi connectivity index (χ4v) is 5.45. The molecular formula is C27H30FN3O. The topological polar surface area (TPSA) is 39.6 Å². The third-order valence-corrected chi connectivity index (χ3v) is 7.06. The van der Waals surface area contributed by atoms with Crippen molar-refractivity contribution in [1.29, 1.82) is 0 Å². The smallest absolute Gasteiger partial charge is 0.123 e. The van der Waals surface area contributed by atoms with Crippen LogP contribution in [-0.2, 0) is 6.54 Å². The van der Waals surface area contributed by atoms with E-state index >= 15 is 0 Å². The van der Waals surface area contributed by atoms with E-state index in [1.807, 2.05) is 30.6 Å². The van der Waals surface area contributed by atoms with E-state index in [-0.39, 0.29) is 18.5 Å². The van der Waals surface area contributed by atoms with Crippen LogP contribution in [-0.4, -0.2) is 58.2 Å². The number of hydrogen-bond donors (Lipinski definition) is 1. The molecule has 3 heterocycles. The molecular weight excluding hydrogens is 401 g/mol. The van der Waals surface area contributed by atoms with Crippen molar-refractivity contribution in [2.24, 2.45) is 0 Å². The largest absolute Gasteiger partial charge is 0.395 e. The molecule has 2 aliphatic heterocycles. The van der Waals surface area contributed by atoms with E-state index in [2.05, 4.69) is 45.1 Å². The predicted molar refractivity (Wildman–Crippen MR) is 125 cm³/mol. The van der Waals surface area contributed by atoms with Crippen molar-refractivity contribution >= 4 is 0 Å². The zero-order chi connectivity index (χ0) is 21.9. The molecule has 1 aromatic heterocycles. The van der Waals surface area contributed by atoms with Crippen LogP contribution in [0.25, 0.3) is 11.1 Å². The number of pyridine rings is 1. The van der Waals surface area contributed by atoms with Gasteiger partial charge in [0.05, 0.1) is 6.61 Å². The van der Waals surface area contributed by atoms with Crippen LogP contribution >= 0.6 is 0 Å². The number of aliphatic hydroxyl groups excluding tert-OH is 1. The minimum Gasteiger partial charge on any atom is -0.395 e. The molecule has 0 bridgehead atoms. The minimum atomic E-state index is -0.217. The van der Waals surface area contributed by atoms with Crippen LogP contribution in [0.4, 0.5) is 4.39 Å². The van der Waals surface area contributed by atoms with Gasteiger partial charge in [0.1, 0.15) is 5.82 Å². The molecule has 2 saturated heterocycles. The van der Waals surface area contributed by atoms with Gasteiger partial charge < -0.3 is 5.11 Å². The quantitative estimate of drug-likeness (QED) is 0.653. The van der Waals surface area contributed by atoms with Gasteiger partial charge in [-0.25, -0.2) is 4.39 Å². The summed E-state index contributed by atoms with van der Waals surface area (Å²) in [6.07, 6.45) is 6.12. The van der Waals surface area contributed by atoms with Gasteiger partial charge >= 0.3 is 0 Å². The first-order valence-corrected chi connectivity index (χ1v) is 11.6. The Bertz CT molecular complexity index is 1010. The maximum atomic E-state index is 13.3. The minimum absolute atomic E-state index is 0.176. The summed E-state index contributed by atoms with van der Waals surface area (Å²) in [4.78, 5) is 9.33. The highest BCUT2D eigenvalue weighted by atomic mass is 19.1. The second kappa shape index (κ2) is 9.49. The highest BCUT2D eigenvalue weighted by Crippen LogP contribution is 2.42. The summed E-state index contributed by atoms with van der Waals surface area (Å²) < 4.78 is 13.3. The van der Waals surface area contributed by atoms with Crippen LogP contribution in [0.5, 0.6) is 0 Å². The number of aliphatic hydroxyl groups is 1. The molecule has 32 heavy (non-hydrogen) atoms. The van der Waals surface area contributed by atoms with Crippen molar-refractivity contribution in [3.63, 3.8) is 0 Å². The number of aromatic nitrogens is 1. The molecule has 2 fully saturated rings. The molecule has 0 radical (unpaired) electrons. The summed E-state index contributed by atoms with van der Waals surface area (Å²) >= 11 is 0. The Morgan fingerprint density at radius 3 is 2.34 bits per heavy atom. The first-order chi connectivity index (χ1) is 15.7. The van der Waals surface area contributed by atoms with E-state index in [0.717, 1.165) is 43.7 Å². The summed E-state index contributed by atoms with van der Waals surface area (Å²) in [7, 11) is 0. The van der Waals surface area contributed by atoms with Gasteiger partial charge in [0.15, 0.2) is 0 Å². The van der Waals surface area contributed by atoms with Crippen LogP contribution < -0.4 is 0 Å². The van der Waals surface area contributed by atoms with Crippen molar-refractivity contribution in [1.82, 2.24) is 14.8 Å². The van der Waals surface area contributed by atoms with Gasteiger partial charge in [-0.05, 0) is 66.4 Å². The lowest BCUT2D eigenvalue weighted by Gasteiger charge is -2.57. The van der Waals surface area contributed by atoms with Gasteiger partial charge in [-0.1, -0.05) is 42.5 Å². The zero-order valence-corrected chi connectivity index (χ0v) is 18.3. The monoisotopic (exact) mass is 431 g/mol. The molecule has 2 aromatic carbocycles. The Morgan fingerprint density at radius 2 is 1.66 bits per heavy atom. The van der Waals surface area contributed by atoms with Gasteiger partial charge in [-0.3, -0.25) is 14.8 Å². The van der Waals surface area contributed by atoms with Crippen LogP contribution in [0, 0.1) is 5.82 Å². The number of halogens is 1. The van der Waals surface area contributed by atoms with Crippen molar-refractivity contribution in [3.8, 4) is 11.1 Å². The van der Waals surface area contributed by atoms with Crippen LogP contribution in [0.2, 0.25) is 0 Å². The normalized spacial score (nSPS) is 24.2. The van der Waals surface area contributed by atoms with E-state index in [1.165, 1.54) is 29.7 Å². The third-order valence-electron chi connectivity index (χ3n) is 7.06. The van der Waals surface area contributed by atoms with E-state index in [9.17, 15) is 9.50 Å². The van der Waals surface area contributed by atoms with Crippen molar-refractivity contribution in [2.75, 3.05) is 26.2 Å². The predicted octanol–water partition coefficient (Wildman–Crippen LogP) is 4.31. The molecule has 166 valence electrons. The SMILES string of the molecule is OC[C@H]1[C@@H](c2ccc(-c3ccc(F)cc3)cc2)[C@H]2CN(Cc3cccnc3)CCCCN21. The average Bonchev–Trinajstić information content (AvgIpc) is 2.81. The molecule has 0 unspecified atom stereocenters. The van der Waals surface area contributed by atoms with E-state index in [1.54, 1.807) is 0 Å². The molecule has 5 heteroatoms. The van der Waals surface area contributed by atoms with Gasteiger partial charge in [0.2, 0.25) is 0 Å². The van der Waals surface area contributed by atoms with Crippen LogP contribution in [0.15, 0.2) is 73.1 Å². The average molecular weight is 432 g/mol. The Hall–Kier alpha value is -2.60. The second-order valence-corrected chi connectivity index (χ2v) is 9.01. The number of rotatable bonds is 5. The third kappa shape index (κ3) is 4.33. The molecule has 0 amide bonds. The van der Waals surface area contributed by atoms with Crippen LogP contribution in [0.1, 0.15) is 29.9 Å². The summed E-state index contributed by atoms with van der Waals surface area (Å²) in [6, 6.07) is 20.0.